The van der Waals surface area contributed by atoms with Crippen LogP contribution >= 0.6 is 0 Å². The zero-order valence-electron chi connectivity index (χ0n) is 22.7. The Kier molecular flexibility index (Phi) is 5.45. The summed E-state index contributed by atoms with van der Waals surface area (Å²) in [4.78, 5) is 2.54. The van der Waals surface area contributed by atoms with Crippen molar-refractivity contribution in [1.82, 2.24) is 4.90 Å². The smallest absolute Gasteiger partial charge is 0.165 e. The molecule has 3 saturated carbocycles. The number of hydrogen-bond donors (Lipinski definition) is 1. The first-order valence-electron chi connectivity index (χ1n) is 13.2. The molecule has 5 aliphatic rings. The third-order valence-corrected chi connectivity index (χ3v) is 11.0. The second kappa shape index (κ2) is 7.60. The number of hydrogen-bond acceptors (Lipinski definition) is 5. The van der Waals surface area contributed by atoms with Crippen molar-refractivity contribution in [3.05, 3.63) is 23.3 Å². The fourth-order valence-electron chi connectivity index (χ4n) is 8.68. The monoisotopic (exact) mass is 471 g/mol. The molecule has 2 heterocycles. The molecule has 5 nitrogen and oxygen atoms in total. The van der Waals surface area contributed by atoms with Gasteiger partial charge in [0.2, 0.25) is 0 Å². The molecule has 2 aliphatic heterocycles. The van der Waals surface area contributed by atoms with E-state index < -0.39 is 11.2 Å². The highest BCUT2D eigenvalue weighted by molar-refractivity contribution is 5.60. The van der Waals surface area contributed by atoms with Crippen LogP contribution in [0.2, 0.25) is 0 Å². The lowest BCUT2D eigenvalue weighted by atomic mass is 9.56. The fraction of sp³-hybridized carbons (Fsp3) is 0.793. The Labute approximate surface area is 206 Å². The Morgan fingerprint density at radius 1 is 1.15 bits per heavy atom. The van der Waals surface area contributed by atoms with Gasteiger partial charge in [0.15, 0.2) is 11.5 Å². The van der Waals surface area contributed by atoms with E-state index in [1.165, 1.54) is 11.1 Å². The Morgan fingerprint density at radius 2 is 1.85 bits per heavy atom. The third kappa shape index (κ3) is 2.84. The Bertz CT molecular complexity index is 968. The molecule has 1 N–H and O–H groups in total. The van der Waals surface area contributed by atoms with Crippen molar-refractivity contribution in [1.29, 1.82) is 0 Å². The molecule has 5 heteroatoms. The van der Waals surface area contributed by atoms with Crippen LogP contribution in [0.3, 0.4) is 0 Å². The molecule has 0 amide bonds. The second-order valence-electron chi connectivity index (χ2n) is 13.0. The topological polar surface area (TPSA) is 51.2 Å². The molecule has 34 heavy (non-hydrogen) atoms. The summed E-state index contributed by atoms with van der Waals surface area (Å²) in [5.74, 6) is 2.64. The second-order valence-corrected chi connectivity index (χ2v) is 13.0. The molecule has 190 valence electrons. The van der Waals surface area contributed by atoms with Crippen molar-refractivity contribution in [3.63, 3.8) is 0 Å². The van der Waals surface area contributed by atoms with Crippen LogP contribution in [0, 0.1) is 30.1 Å². The number of ether oxygens (including phenoxy) is 3. The minimum absolute atomic E-state index is 0.0191. The number of benzene rings is 1. The maximum absolute atomic E-state index is 12.2. The number of aliphatic hydroxyl groups is 1. The molecule has 1 spiro atoms. The molecule has 1 saturated heterocycles. The molecule has 8 unspecified atom stereocenters. The molecular formula is C29H45NO4. The van der Waals surface area contributed by atoms with Crippen molar-refractivity contribution in [2.45, 2.75) is 96.0 Å². The highest BCUT2D eigenvalue weighted by Crippen LogP contribution is 2.69. The number of rotatable bonds is 3. The largest absolute Gasteiger partial charge is 0.493 e. The summed E-state index contributed by atoms with van der Waals surface area (Å²) < 4.78 is 19.6. The van der Waals surface area contributed by atoms with Crippen molar-refractivity contribution in [2.75, 3.05) is 27.8 Å². The van der Waals surface area contributed by atoms with Gasteiger partial charge >= 0.3 is 0 Å². The highest BCUT2D eigenvalue weighted by atomic mass is 16.6. The Hall–Kier alpha value is -1.30. The van der Waals surface area contributed by atoms with E-state index in [0.717, 1.165) is 43.7 Å². The van der Waals surface area contributed by atoms with Crippen molar-refractivity contribution < 1.29 is 19.3 Å². The minimum atomic E-state index is -0.900. The van der Waals surface area contributed by atoms with E-state index in [9.17, 15) is 5.11 Å². The minimum Gasteiger partial charge on any atom is -0.493 e. The number of nitrogens with zero attached hydrogens (tertiary/aromatic N) is 1. The predicted molar refractivity (Wildman–Crippen MR) is 135 cm³/mol. The van der Waals surface area contributed by atoms with Crippen LogP contribution in [-0.2, 0) is 10.2 Å². The maximum atomic E-state index is 12.2. The number of fused-ring (bicyclic) bond motifs is 3. The van der Waals surface area contributed by atoms with Crippen LogP contribution in [0.25, 0.3) is 0 Å². The SMILES string of the molecule is COc1ccc(C)c2c1OC1C3(OC)CCC(CC3C(C)(O)C(C)(C)C)C3C(C)N(C)CCC231. The lowest BCUT2D eigenvalue weighted by molar-refractivity contribution is -0.222. The van der Waals surface area contributed by atoms with Gasteiger partial charge in [-0.25, -0.2) is 0 Å². The van der Waals surface area contributed by atoms with Gasteiger partial charge in [0.25, 0.3) is 0 Å². The average Bonchev–Trinajstić information content (AvgIpc) is 3.02. The first kappa shape index (κ1) is 24.4. The molecule has 0 aromatic heterocycles. The summed E-state index contributed by atoms with van der Waals surface area (Å²) in [6, 6.07) is 4.67. The lowest BCUT2D eigenvalue weighted by Gasteiger charge is -2.56. The molecule has 6 rings (SSSR count). The summed E-state index contributed by atoms with van der Waals surface area (Å²) in [5.41, 5.74) is 0.724. The molecule has 1 aromatic rings. The van der Waals surface area contributed by atoms with Crippen molar-refractivity contribution in [2.24, 2.45) is 23.2 Å². The fourth-order valence-corrected chi connectivity index (χ4v) is 8.68. The van der Waals surface area contributed by atoms with Crippen LogP contribution < -0.4 is 9.47 Å². The van der Waals surface area contributed by atoms with Crippen molar-refractivity contribution in [3.8, 4) is 11.5 Å². The van der Waals surface area contributed by atoms with Crippen LogP contribution in [0.5, 0.6) is 11.5 Å². The van der Waals surface area contributed by atoms with Gasteiger partial charge in [0.1, 0.15) is 11.7 Å². The average molecular weight is 472 g/mol. The van der Waals surface area contributed by atoms with Gasteiger partial charge in [-0.15, -0.1) is 0 Å². The zero-order valence-corrected chi connectivity index (χ0v) is 22.7. The van der Waals surface area contributed by atoms with Crippen LogP contribution in [0.4, 0.5) is 0 Å². The summed E-state index contributed by atoms with van der Waals surface area (Å²) in [6.07, 6.45) is 3.90. The maximum Gasteiger partial charge on any atom is 0.165 e. The predicted octanol–water partition coefficient (Wildman–Crippen LogP) is 4.95. The van der Waals surface area contributed by atoms with Gasteiger partial charge in [0, 0.05) is 30.0 Å². The van der Waals surface area contributed by atoms with Crippen LogP contribution in [0.1, 0.15) is 71.4 Å². The van der Waals surface area contributed by atoms with Crippen molar-refractivity contribution >= 4 is 0 Å². The van der Waals surface area contributed by atoms with Gasteiger partial charge in [-0.05, 0) is 88.9 Å². The quantitative estimate of drug-likeness (QED) is 0.676. The summed E-state index contributed by atoms with van der Waals surface area (Å²) >= 11 is 0. The summed E-state index contributed by atoms with van der Waals surface area (Å²) in [6.45, 7) is 14.2. The molecule has 3 aliphatic carbocycles. The molecule has 1 aromatic carbocycles. The number of aryl methyl sites for hydroxylation is 1. The standard InChI is InChI=1S/C29H45NO4/c1-17-10-11-20(32-8)24-22(17)28-14-15-30(7)18(2)23(28)19-12-13-29(33-9,25(28)34-24)21(16-19)27(6,31)26(3,4)5/h10-11,18-19,21,23,25,31H,12-16H2,1-9H3. The molecule has 8 atom stereocenters. The van der Waals surface area contributed by atoms with Gasteiger partial charge in [-0.3, -0.25) is 0 Å². The van der Waals surface area contributed by atoms with Gasteiger partial charge in [-0.1, -0.05) is 26.8 Å². The van der Waals surface area contributed by atoms with Crippen LogP contribution in [-0.4, -0.2) is 61.2 Å². The number of methoxy groups -OCH3 is 2. The van der Waals surface area contributed by atoms with Crippen LogP contribution in [0.15, 0.2) is 12.1 Å². The highest BCUT2D eigenvalue weighted by Gasteiger charge is 2.73. The van der Waals surface area contributed by atoms with E-state index >= 15 is 0 Å². The molecule has 2 bridgehead atoms. The van der Waals surface area contributed by atoms with Gasteiger partial charge in [-0.2, -0.15) is 0 Å². The summed E-state index contributed by atoms with van der Waals surface area (Å²) in [7, 11) is 5.86. The third-order valence-electron chi connectivity index (χ3n) is 11.0. The Balaban J connectivity index is 1.81. The van der Waals surface area contributed by atoms with E-state index in [-0.39, 0.29) is 22.9 Å². The number of piperidine rings is 1. The van der Waals surface area contributed by atoms with Gasteiger partial charge in [0.05, 0.1) is 12.7 Å². The van der Waals surface area contributed by atoms with E-state index in [4.69, 9.17) is 14.2 Å². The lowest BCUT2D eigenvalue weighted by Crippen LogP contribution is -2.67. The van der Waals surface area contributed by atoms with E-state index in [1.54, 1.807) is 7.11 Å². The van der Waals surface area contributed by atoms with E-state index in [0.29, 0.717) is 17.9 Å². The first-order valence-corrected chi connectivity index (χ1v) is 13.2. The normalized spacial score (nSPS) is 41.1. The Morgan fingerprint density at radius 3 is 2.47 bits per heavy atom. The summed E-state index contributed by atoms with van der Waals surface area (Å²) in [5, 5.41) is 12.2. The zero-order chi connectivity index (χ0) is 24.8. The van der Waals surface area contributed by atoms with E-state index in [1.807, 2.05) is 20.1 Å². The first-order chi connectivity index (χ1) is 15.9. The molecule has 4 fully saturated rings. The van der Waals surface area contributed by atoms with Gasteiger partial charge < -0.3 is 24.2 Å². The number of likely N-dealkylation sites (tertiary alicyclic amines) is 1. The van der Waals surface area contributed by atoms with E-state index in [2.05, 4.69) is 52.6 Å². The molecular weight excluding hydrogens is 426 g/mol. The molecule has 0 radical (unpaired) electrons.